The third kappa shape index (κ3) is 3.70. The van der Waals surface area contributed by atoms with Crippen LogP contribution in [0.1, 0.15) is 12.1 Å². The molecule has 0 aliphatic heterocycles. The molecule has 0 fully saturated rings. The van der Waals surface area contributed by atoms with Crippen molar-refractivity contribution in [3.63, 3.8) is 0 Å². The number of nitrogens with one attached hydrogen (secondary N) is 2. The minimum atomic E-state index is -1.02. The van der Waals surface area contributed by atoms with Crippen LogP contribution in [-0.2, 0) is 16.0 Å². The molecule has 7 heteroatoms. The normalized spacial score (nSPS) is 12.1. The van der Waals surface area contributed by atoms with Gasteiger partial charge >= 0.3 is 0 Å². The maximum atomic E-state index is 11.3. The number of nitrogens with two attached hydrogens (primary N) is 1. The summed E-state index contributed by atoms with van der Waals surface area (Å²) in [6.07, 6.45) is 3.83. The van der Waals surface area contributed by atoms with E-state index < -0.39 is 18.6 Å². The first-order chi connectivity index (χ1) is 7.63. The SMILES string of the molecule is NC(=O)C(CO)NC(=O)CCc1cnc[nH]1. The molecule has 1 unspecified atom stereocenters. The third-order valence-electron chi connectivity index (χ3n) is 2.04. The number of hydrogen-bond donors (Lipinski definition) is 4. The molecule has 88 valence electrons. The highest BCUT2D eigenvalue weighted by Crippen LogP contribution is 1.97. The first-order valence-corrected chi connectivity index (χ1v) is 4.80. The molecular weight excluding hydrogens is 212 g/mol. The predicted molar refractivity (Wildman–Crippen MR) is 55.1 cm³/mol. The minimum absolute atomic E-state index is 0.200. The lowest BCUT2D eigenvalue weighted by molar-refractivity contribution is -0.128. The molecule has 2 amide bonds. The van der Waals surface area contributed by atoms with E-state index in [-0.39, 0.29) is 12.3 Å². The zero-order chi connectivity index (χ0) is 12.0. The molecule has 7 nitrogen and oxygen atoms in total. The molecule has 0 aliphatic rings. The first kappa shape index (κ1) is 12.2. The fourth-order valence-corrected chi connectivity index (χ4v) is 1.14. The fraction of sp³-hybridized carbons (Fsp3) is 0.444. The van der Waals surface area contributed by atoms with Crippen LogP contribution < -0.4 is 11.1 Å². The van der Waals surface area contributed by atoms with Crippen molar-refractivity contribution in [3.05, 3.63) is 18.2 Å². The van der Waals surface area contributed by atoms with Gasteiger partial charge in [-0.05, 0) is 6.42 Å². The largest absolute Gasteiger partial charge is 0.394 e. The van der Waals surface area contributed by atoms with Crippen LogP contribution in [0.25, 0.3) is 0 Å². The molecule has 1 aromatic rings. The molecule has 16 heavy (non-hydrogen) atoms. The maximum absolute atomic E-state index is 11.3. The number of hydrogen-bond acceptors (Lipinski definition) is 4. The Hall–Kier alpha value is -1.89. The summed E-state index contributed by atoms with van der Waals surface area (Å²) in [5, 5.41) is 11.1. The number of aromatic amines is 1. The topological polar surface area (TPSA) is 121 Å². The standard InChI is InChI=1S/C9H14N4O3/c10-9(16)7(4-14)13-8(15)2-1-6-3-11-5-12-6/h3,5,7,14H,1-2,4H2,(H2,10,16)(H,11,12)(H,13,15). The van der Waals surface area contributed by atoms with Gasteiger partial charge in [-0.2, -0.15) is 0 Å². The second-order valence-corrected chi connectivity index (χ2v) is 3.28. The molecule has 0 aromatic carbocycles. The molecule has 1 aromatic heterocycles. The maximum Gasteiger partial charge on any atom is 0.242 e. The lowest BCUT2D eigenvalue weighted by atomic mass is 10.2. The molecule has 0 saturated carbocycles. The quantitative estimate of drug-likeness (QED) is 0.462. The Morgan fingerprint density at radius 3 is 2.88 bits per heavy atom. The van der Waals surface area contributed by atoms with Crippen LogP contribution >= 0.6 is 0 Å². The Kier molecular flexibility index (Phi) is 4.46. The molecule has 0 radical (unpaired) electrons. The number of carbonyl (C=O) groups is 2. The summed E-state index contributed by atoms with van der Waals surface area (Å²) < 4.78 is 0. The lowest BCUT2D eigenvalue weighted by Gasteiger charge is -2.11. The molecule has 1 rings (SSSR count). The number of rotatable bonds is 6. The number of amides is 2. The zero-order valence-electron chi connectivity index (χ0n) is 8.64. The Balaban J connectivity index is 2.33. The number of aromatic nitrogens is 2. The summed E-state index contributed by atoms with van der Waals surface area (Å²) in [6, 6.07) is -1.02. The second kappa shape index (κ2) is 5.86. The van der Waals surface area contributed by atoms with Gasteiger partial charge in [0.25, 0.3) is 0 Å². The molecule has 1 atom stereocenters. The van der Waals surface area contributed by atoms with Crippen LogP contribution in [0.4, 0.5) is 0 Å². The van der Waals surface area contributed by atoms with Crippen molar-refractivity contribution < 1.29 is 14.7 Å². The van der Waals surface area contributed by atoms with E-state index in [1.807, 2.05) is 0 Å². The first-order valence-electron chi connectivity index (χ1n) is 4.80. The van der Waals surface area contributed by atoms with Crippen molar-refractivity contribution >= 4 is 11.8 Å². The lowest BCUT2D eigenvalue weighted by Crippen LogP contribution is -2.46. The number of aliphatic hydroxyl groups is 1. The van der Waals surface area contributed by atoms with E-state index in [9.17, 15) is 9.59 Å². The molecule has 0 aliphatic carbocycles. The number of H-pyrrole nitrogens is 1. The van der Waals surface area contributed by atoms with Crippen molar-refractivity contribution in [1.82, 2.24) is 15.3 Å². The van der Waals surface area contributed by atoms with Crippen LogP contribution in [0.2, 0.25) is 0 Å². The van der Waals surface area contributed by atoms with Crippen LogP contribution in [-0.4, -0.2) is 39.5 Å². The Labute approximate surface area is 92.1 Å². The van der Waals surface area contributed by atoms with E-state index in [0.29, 0.717) is 6.42 Å². The number of nitrogens with zero attached hydrogens (tertiary/aromatic N) is 1. The summed E-state index contributed by atoms with van der Waals surface area (Å²) in [5.41, 5.74) is 5.78. The van der Waals surface area contributed by atoms with Gasteiger partial charge in [0.1, 0.15) is 6.04 Å². The van der Waals surface area contributed by atoms with Crippen molar-refractivity contribution in [1.29, 1.82) is 0 Å². The monoisotopic (exact) mass is 226 g/mol. The Bertz CT molecular complexity index is 350. The van der Waals surface area contributed by atoms with Crippen molar-refractivity contribution in [2.24, 2.45) is 5.73 Å². The Morgan fingerprint density at radius 1 is 1.62 bits per heavy atom. The van der Waals surface area contributed by atoms with E-state index in [1.54, 1.807) is 6.20 Å². The predicted octanol–water partition coefficient (Wildman–Crippen LogP) is -1.70. The highest BCUT2D eigenvalue weighted by Gasteiger charge is 2.16. The fourth-order valence-electron chi connectivity index (χ4n) is 1.14. The average molecular weight is 226 g/mol. The zero-order valence-corrected chi connectivity index (χ0v) is 8.64. The van der Waals surface area contributed by atoms with Gasteiger partial charge in [0.05, 0.1) is 12.9 Å². The number of aryl methyl sites for hydroxylation is 1. The van der Waals surface area contributed by atoms with Crippen LogP contribution in [0.3, 0.4) is 0 Å². The van der Waals surface area contributed by atoms with Crippen molar-refractivity contribution in [2.45, 2.75) is 18.9 Å². The average Bonchev–Trinajstić information content (AvgIpc) is 2.75. The van der Waals surface area contributed by atoms with Crippen LogP contribution in [0.15, 0.2) is 12.5 Å². The number of aliphatic hydroxyl groups excluding tert-OH is 1. The van der Waals surface area contributed by atoms with Crippen molar-refractivity contribution in [2.75, 3.05) is 6.61 Å². The summed E-state index contributed by atoms with van der Waals surface area (Å²) >= 11 is 0. The van der Waals surface area contributed by atoms with Gasteiger partial charge in [-0.25, -0.2) is 4.98 Å². The molecular formula is C9H14N4O3. The molecule has 1 heterocycles. The van der Waals surface area contributed by atoms with Gasteiger partial charge in [0.15, 0.2) is 0 Å². The van der Waals surface area contributed by atoms with E-state index in [1.165, 1.54) is 6.33 Å². The van der Waals surface area contributed by atoms with E-state index >= 15 is 0 Å². The molecule has 0 spiro atoms. The Morgan fingerprint density at radius 2 is 2.38 bits per heavy atom. The highest BCUT2D eigenvalue weighted by molar-refractivity contribution is 5.86. The summed E-state index contributed by atoms with van der Waals surface area (Å²) in [5.74, 6) is -1.09. The van der Waals surface area contributed by atoms with E-state index in [0.717, 1.165) is 5.69 Å². The van der Waals surface area contributed by atoms with E-state index in [4.69, 9.17) is 10.8 Å². The third-order valence-corrected chi connectivity index (χ3v) is 2.04. The second-order valence-electron chi connectivity index (χ2n) is 3.28. The number of primary amides is 1. The van der Waals surface area contributed by atoms with Gasteiger partial charge in [-0.1, -0.05) is 0 Å². The summed E-state index contributed by atoms with van der Waals surface area (Å²) in [7, 11) is 0. The van der Waals surface area contributed by atoms with Gasteiger partial charge in [0, 0.05) is 18.3 Å². The summed E-state index contributed by atoms with van der Waals surface area (Å²) in [4.78, 5) is 28.7. The van der Waals surface area contributed by atoms with Gasteiger partial charge < -0.3 is 21.1 Å². The van der Waals surface area contributed by atoms with Gasteiger partial charge in [-0.3, -0.25) is 9.59 Å². The van der Waals surface area contributed by atoms with Gasteiger partial charge in [-0.15, -0.1) is 0 Å². The summed E-state index contributed by atoms with van der Waals surface area (Å²) in [6.45, 7) is -0.495. The number of imidazole rings is 1. The molecule has 0 saturated heterocycles. The number of carbonyl (C=O) groups excluding carboxylic acids is 2. The van der Waals surface area contributed by atoms with E-state index in [2.05, 4.69) is 15.3 Å². The molecule has 0 bridgehead atoms. The minimum Gasteiger partial charge on any atom is -0.394 e. The van der Waals surface area contributed by atoms with Crippen LogP contribution in [0, 0.1) is 0 Å². The van der Waals surface area contributed by atoms with Crippen molar-refractivity contribution in [3.8, 4) is 0 Å². The van der Waals surface area contributed by atoms with Crippen LogP contribution in [0.5, 0.6) is 0 Å². The highest BCUT2D eigenvalue weighted by atomic mass is 16.3. The van der Waals surface area contributed by atoms with Gasteiger partial charge in [0.2, 0.25) is 11.8 Å². The molecule has 5 N–H and O–H groups in total. The smallest absolute Gasteiger partial charge is 0.242 e.